The van der Waals surface area contributed by atoms with E-state index in [1.807, 2.05) is 36.4 Å². The lowest BCUT2D eigenvalue weighted by molar-refractivity contribution is 0.0395. The highest BCUT2D eigenvalue weighted by Gasteiger charge is 2.29. The van der Waals surface area contributed by atoms with Crippen LogP contribution in [0, 0.1) is 0 Å². The molecule has 0 radical (unpaired) electrons. The van der Waals surface area contributed by atoms with Crippen LogP contribution in [0.25, 0.3) is 0 Å². The van der Waals surface area contributed by atoms with Gasteiger partial charge in [0.2, 0.25) is 0 Å². The average Bonchev–Trinajstić information content (AvgIpc) is 2.99. The van der Waals surface area contributed by atoms with Crippen LogP contribution in [-0.2, 0) is 15.9 Å². The lowest BCUT2D eigenvalue weighted by Gasteiger charge is -2.27. The summed E-state index contributed by atoms with van der Waals surface area (Å²) in [7, 11) is 0. The first-order chi connectivity index (χ1) is 10.8. The van der Waals surface area contributed by atoms with Gasteiger partial charge in [0.15, 0.2) is 0 Å². The molecule has 2 N–H and O–H groups in total. The summed E-state index contributed by atoms with van der Waals surface area (Å²) >= 11 is 0. The number of aliphatic hydroxyl groups is 1. The van der Waals surface area contributed by atoms with Crippen molar-refractivity contribution in [2.75, 3.05) is 6.61 Å². The van der Waals surface area contributed by atoms with Crippen LogP contribution in [0.2, 0.25) is 0 Å². The van der Waals surface area contributed by atoms with E-state index in [2.05, 4.69) is 5.32 Å². The fraction of sp³-hybridized carbons (Fsp3) is 0.500. The molecule has 1 aliphatic heterocycles. The highest BCUT2D eigenvalue weighted by Crippen LogP contribution is 2.19. The van der Waals surface area contributed by atoms with Gasteiger partial charge in [-0.05, 0) is 38.8 Å². The Morgan fingerprint density at radius 3 is 2.61 bits per heavy atom. The molecule has 5 nitrogen and oxygen atoms in total. The second kappa shape index (κ2) is 7.51. The van der Waals surface area contributed by atoms with Crippen molar-refractivity contribution in [2.45, 2.75) is 51.4 Å². The van der Waals surface area contributed by atoms with Gasteiger partial charge < -0.3 is 19.9 Å². The van der Waals surface area contributed by atoms with E-state index in [1.54, 1.807) is 20.8 Å². The van der Waals surface area contributed by atoms with Crippen molar-refractivity contribution in [1.29, 1.82) is 0 Å². The van der Waals surface area contributed by atoms with Gasteiger partial charge in [0.1, 0.15) is 17.5 Å². The van der Waals surface area contributed by atoms with Gasteiger partial charge in [-0.15, -0.1) is 0 Å². The van der Waals surface area contributed by atoms with Gasteiger partial charge >= 0.3 is 6.09 Å². The molecule has 1 aliphatic rings. The zero-order chi connectivity index (χ0) is 16.9. The fourth-order valence-electron chi connectivity index (χ4n) is 2.41. The number of alkyl carbamates (subject to hydrolysis) is 1. The second-order valence-corrected chi connectivity index (χ2v) is 6.63. The number of benzene rings is 1. The standard InChI is InChI=1S/C18H25NO4/c1-18(2,3)23-17(21)19-14(12-13-8-5-4-6-9-13)16(20)15-10-7-11-22-15/h4-6,8-10,14,16,20H,7,11-12H2,1-3H3,(H,19,21). The Hall–Kier alpha value is -2.01. The topological polar surface area (TPSA) is 67.8 Å². The highest BCUT2D eigenvalue weighted by atomic mass is 16.6. The smallest absolute Gasteiger partial charge is 0.407 e. The maximum atomic E-state index is 12.1. The molecule has 23 heavy (non-hydrogen) atoms. The number of carbonyl (C=O) groups is 1. The third-order valence-electron chi connectivity index (χ3n) is 3.41. The van der Waals surface area contributed by atoms with E-state index < -0.39 is 23.8 Å². The quantitative estimate of drug-likeness (QED) is 0.876. The van der Waals surface area contributed by atoms with Crippen LogP contribution in [0.5, 0.6) is 0 Å². The molecule has 0 saturated carbocycles. The summed E-state index contributed by atoms with van der Waals surface area (Å²) in [6.07, 6.45) is 1.68. The minimum atomic E-state index is -0.898. The van der Waals surface area contributed by atoms with Crippen LogP contribution in [0.15, 0.2) is 42.2 Å². The Morgan fingerprint density at radius 2 is 2.04 bits per heavy atom. The van der Waals surface area contributed by atoms with E-state index in [1.165, 1.54) is 0 Å². The molecule has 0 bridgehead atoms. The predicted molar refractivity (Wildman–Crippen MR) is 88.0 cm³/mol. The number of rotatable bonds is 5. The zero-order valence-corrected chi connectivity index (χ0v) is 13.9. The molecule has 0 aromatic heterocycles. The number of aliphatic hydroxyl groups excluding tert-OH is 1. The SMILES string of the molecule is CC(C)(C)OC(=O)NC(Cc1ccccc1)C(O)C1=CCCO1. The predicted octanol–water partition coefficient (Wildman–Crippen LogP) is 2.79. The Morgan fingerprint density at radius 1 is 1.35 bits per heavy atom. The number of hydrogen-bond donors (Lipinski definition) is 2. The molecule has 126 valence electrons. The molecule has 1 heterocycles. The summed E-state index contributed by atoms with van der Waals surface area (Å²) in [6, 6.07) is 9.19. The molecule has 0 spiro atoms. The number of hydrogen-bond acceptors (Lipinski definition) is 4. The van der Waals surface area contributed by atoms with Crippen molar-refractivity contribution in [3.05, 3.63) is 47.7 Å². The zero-order valence-electron chi connectivity index (χ0n) is 13.9. The van der Waals surface area contributed by atoms with Crippen molar-refractivity contribution >= 4 is 6.09 Å². The molecule has 2 rings (SSSR count). The lowest BCUT2D eigenvalue weighted by atomic mass is 10.00. The number of ether oxygens (including phenoxy) is 2. The van der Waals surface area contributed by atoms with Gasteiger partial charge in [-0.25, -0.2) is 4.79 Å². The van der Waals surface area contributed by atoms with Crippen LogP contribution >= 0.6 is 0 Å². The molecule has 0 saturated heterocycles. The Balaban J connectivity index is 2.09. The first-order valence-electron chi connectivity index (χ1n) is 7.89. The summed E-state index contributed by atoms with van der Waals surface area (Å²) in [5.41, 5.74) is 0.432. The summed E-state index contributed by atoms with van der Waals surface area (Å²) in [4.78, 5) is 12.1. The molecule has 5 heteroatoms. The van der Waals surface area contributed by atoms with E-state index >= 15 is 0 Å². The van der Waals surface area contributed by atoms with Crippen LogP contribution in [0.1, 0.15) is 32.8 Å². The first kappa shape index (κ1) is 17.3. The molecule has 2 atom stereocenters. The Kier molecular flexibility index (Phi) is 5.66. The molecule has 1 aromatic carbocycles. The minimum Gasteiger partial charge on any atom is -0.495 e. The van der Waals surface area contributed by atoms with Crippen molar-refractivity contribution in [1.82, 2.24) is 5.32 Å². The van der Waals surface area contributed by atoms with Crippen LogP contribution in [0.4, 0.5) is 4.79 Å². The minimum absolute atomic E-state index is 0.488. The molecule has 0 aliphatic carbocycles. The Labute approximate surface area is 137 Å². The van der Waals surface area contributed by atoms with Gasteiger partial charge in [0, 0.05) is 6.42 Å². The van der Waals surface area contributed by atoms with E-state index in [9.17, 15) is 9.90 Å². The first-order valence-corrected chi connectivity index (χ1v) is 7.89. The summed E-state index contributed by atoms with van der Waals surface area (Å²) in [6.45, 7) is 5.98. The maximum Gasteiger partial charge on any atom is 0.407 e. The van der Waals surface area contributed by atoms with Crippen molar-refractivity contribution in [3.8, 4) is 0 Å². The number of amides is 1. The lowest BCUT2D eigenvalue weighted by Crippen LogP contribution is -2.47. The largest absolute Gasteiger partial charge is 0.495 e. The van der Waals surface area contributed by atoms with Crippen molar-refractivity contribution in [2.24, 2.45) is 0 Å². The van der Waals surface area contributed by atoms with Crippen LogP contribution in [0.3, 0.4) is 0 Å². The van der Waals surface area contributed by atoms with Gasteiger partial charge in [-0.2, -0.15) is 0 Å². The maximum absolute atomic E-state index is 12.1. The van der Waals surface area contributed by atoms with E-state index in [-0.39, 0.29) is 0 Å². The molecule has 1 aromatic rings. The highest BCUT2D eigenvalue weighted by molar-refractivity contribution is 5.68. The van der Waals surface area contributed by atoms with E-state index in [4.69, 9.17) is 9.47 Å². The molecule has 1 amide bonds. The Bertz CT molecular complexity index is 548. The molecular weight excluding hydrogens is 294 g/mol. The normalized spacial score (nSPS) is 17.0. The monoisotopic (exact) mass is 319 g/mol. The number of nitrogens with one attached hydrogen (secondary N) is 1. The van der Waals surface area contributed by atoms with E-state index in [0.29, 0.717) is 18.8 Å². The molecular formula is C18H25NO4. The van der Waals surface area contributed by atoms with Gasteiger partial charge in [-0.1, -0.05) is 30.3 Å². The molecule has 2 unspecified atom stereocenters. The van der Waals surface area contributed by atoms with Gasteiger partial charge in [0.05, 0.1) is 12.6 Å². The van der Waals surface area contributed by atoms with Crippen LogP contribution < -0.4 is 5.32 Å². The summed E-state index contributed by atoms with van der Waals surface area (Å²) < 4.78 is 10.7. The number of carbonyl (C=O) groups excluding carboxylic acids is 1. The van der Waals surface area contributed by atoms with Gasteiger partial charge in [-0.3, -0.25) is 0 Å². The van der Waals surface area contributed by atoms with E-state index in [0.717, 1.165) is 12.0 Å². The third kappa shape index (κ3) is 5.60. The van der Waals surface area contributed by atoms with Crippen LogP contribution in [-0.4, -0.2) is 35.6 Å². The average molecular weight is 319 g/mol. The summed E-state index contributed by atoms with van der Waals surface area (Å²) in [5, 5.41) is 13.3. The summed E-state index contributed by atoms with van der Waals surface area (Å²) in [5.74, 6) is 0.516. The van der Waals surface area contributed by atoms with Crippen molar-refractivity contribution < 1.29 is 19.4 Å². The van der Waals surface area contributed by atoms with Crippen molar-refractivity contribution in [3.63, 3.8) is 0 Å². The molecule has 0 fully saturated rings. The third-order valence-corrected chi connectivity index (χ3v) is 3.41. The second-order valence-electron chi connectivity index (χ2n) is 6.63. The fourth-order valence-corrected chi connectivity index (χ4v) is 2.41. The van der Waals surface area contributed by atoms with Gasteiger partial charge in [0.25, 0.3) is 0 Å².